The number of rotatable bonds is 4. The molecule has 1 heterocycles. The van der Waals surface area contributed by atoms with Crippen LogP contribution >= 0.6 is 11.6 Å². The molecule has 1 saturated heterocycles. The van der Waals surface area contributed by atoms with Crippen LogP contribution < -0.4 is 5.06 Å². The molecular formula is C21H20ClNO5. The molecule has 0 radical (unpaired) electrons. The van der Waals surface area contributed by atoms with Crippen molar-refractivity contribution in [3.8, 4) is 0 Å². The van der Waals surface area contributed by atoms with Gasteiger partial charge in [0.05, 0.1) is 49.8 Å². The third-order valence-electron chi connectivity index (χ3n) is 5.69. The van der Waals surface area contributed by atoms with Gasteiger partial charge in [0.1, 0.15) is 0 Å². The molecule has 2 fully saturated rings. The number of hydrogen-bond donors (Lipinski definition) is 0. The molecule has 1 aliphatic heterocycles. The molecule has 0 unspecified atom stereocenters. The highest BCUT2D eigenvalue weighted by Crippen LogP contribution is 2.70. The molecule has 3 atom stereocenters. The highest BCUT2D eigenvalue weighted by atomic mass is 35.5. The van der Waals surface area contributed by atoms with Crippen molar-refractivity contribution in [2.24, 2.45) is 17.3 Å². The average Bonchev–Trinajstić information content (AvgIpc) is 3.24. The Morgan fingerprint density at radius 2 is 1.57 bits per heavy atom. The van der Waals surface area contributed by atoms with Gasteiger partial charge in [0.15, 0.2) is 0 Å². The molecule has 7 heteroatoms. The van der Waals surface area contributed by atoms with Crippen LogP contribution in [-0.2, 0) is 23.9 Å². The van der Waals surface area contributed by atoms with Gasteiger partial charge in [-0.2, -0.15) is 0 Å². The van der Waals surface area contributed by atoms with Crippen LogP contribution in [0.2, 0.25) is 5.02 Å². The van der Waals surface area contributed by atoms with Crippen molar-refractivity contribution in [2.75, 3.05) is 25.9 Å². The van der Waals surface area contributed by atoms with E-state index in [1.807, 2.05) is 42.5 Å². The molecule has 28 heavy (non-hydrogen) atoms. The second kappa shape index (κ2) is 7.11. The normalized spacial score (nSPS) is 28.2. The van der Waals surface area contributed by atoms with Crippen LogP contribution in [0.5, 0.6) is 0 Å². The number of esters is 2. The van der Waals surface area contributed by atoms with Crippen molar-refractivity contribution < 1.29 is 23.9 Å². The van der Waals surface area contributed by atoms with E-state index in [2.05, 4.69) is 0 Å². The Morgan fingerprint density at radius 3 is 2.11 bits per heavy atom. The Balaban J connectivity index is 1.83. The molecule has 1 aliphatic carbocycles. The summed E-state index contributed by atoms with van der Waals surface area (Å²) in [6.07, 6.45) is 0. The van der Waals surface area contributed by atoms with Gasteiger partial charge in [-0.1, -0.05) is 41.9 Å². The third-order valence-corrected chi connectivity index (χ3v) is 5.94. The van der Waals surface area contributed by atoms with Gasteiger partial charge in [-0.05, 0) is 29.8 Å². The van der Waals surface area contributed by atoms with E-state index in [-0.39, 0.29) is 12.6 Å². The highest BCUT2D eigenvalue weighted by molar-refractivity contribution is 6.30. The average molecular weight is 402 g/mol. The van der Waals surface area contributed by atoms with E-state index in [9.17, 15) is 9.59 Å². The molecule has 4 rings (SSSR count). The van der Waals surface area contributed by atoms with E-state index >= 15 is 0 Å². The first-order valence-corrected chi connectivity index (χ1v) is 9.30. The van der Waals surface area contributed by atoms with E-state index < -0.39 is 29.2 Å². The quantitative estimate of drug-likeness (QED) is 0.731. The Labute approximate surface area is 167 Å². The van der Waals surface area contributed by atoms with Gasteiger partial charge in [-0.15, -0.1) is 0 Å². The lowest BCUT2D eigenvalue weighted by Crippen LogP contribution is -2.28. The number of hydroxylamine groups is 1. The van der Waals surface area contributed by atoms with Gasteiger partial charge in [-0.3, -0.25) is 14.4 Å². The standard InChI is InChI=1S/C21H20ClNO5/c1-26-19(24)16-17(20(25)27-2)21(16)12-28-23(15-6-4-3-5-7-15)18(21)13-8-10-14(22)11-9-13/h3-11,16-18H,12H2,1-2H3/t16-,17-,18-/m0/s1. The van der Waals surface area contributed by atoms with Gasteiger partial charge in [0.2, 0.25) is 0 Å². The largest absolute Gasteiger partial charge is 0.469 e. The molecule has 1 spiro atoms. The zero-order chi connectivity index (χ0) is 19.9. The predicted octanol–water partition coefficient (Wildman–Crippen LogP) is 3.41. The van der Waals surface area contributed by atoms with E-state index in [1.54, 1.807) is 17.2 Å². The molecule has 0 amide bonds. The minimum absolute atomic E-state index is 0.203. The first-order valence-electron chi connectivity index (χ1n) is 8.93. The number of ether oxygens (including phenoxy) is 2. The molecule has 2 aromatic rings. The number of hydrogen-bond acceptors (Lipinski definition) is 6. The fourth-order valence-corrected chi connectivity index (χ4v) is 4.51. The fraction of sp³-hybridized carbons (Fsp3) is 0.333. The van der Waals surface area contributed by atoms with E-state index in [1.165, 1.54) is 14.2 Å². The summed E-state index contributed by atoms with van der Waals surface area (Å²) in [4.78, 5) is 31.1. The maximum absolute atomic E-state index is 12.5. The van der Waals surface area contributed by atoms with Crippen LogP contribution in [0, 0.1) is 17.3 Å². The van der Waals surface area contributed by atoms with Crippen molar-refractivity contribution in [1.82, 2.24) is 0 Å². The molecular weight excluding hydrogens is 382 g/mol. The zero-order valence-corrected chi connectivity index (χ0v) is 16.3. The minimum atomic E-state index is -0.774. The van der Waals surface area contributed by atoms with Crippen molar-refractivity contribution in [3.63, 3.8) is 0 Å². The van der Waals surface area contributed by atoms with E-state index in [0.29, 0.717) is 5.02 Å². The molecule has 6 nitrogen and oxygen atoms in total. The van der Waals surface area contributed by atoms with Crippen LogP contribution in [0.1, 0.15) is 11.6 Å². The summed E-state index contributed by atoms with van der Waals surface area (Å²) in [7, 11) is 2.65. The molecule has 0 aromatic heterocycles. The molecule has 2 aromatic carbocycles. The van der Waals surface area contributed by atoms with Gasteiger partial charge in [0.25, 0.3) is 0 Å². The Kier molecular flexibility index (Phi) is 4.77. The Hall–Kier alpha value is -2.57. The third kappa shape index (κ3) is 2.75. The summed E-state index contributed by atoms with van der Waals surface area (Å²) in [5, 5.41) is 2.37. The van der Waals surface area contributed by atoms with Gasteiger partial charge >= 0.3 is 11.9 Å². The van der Waals surface area contributed by atoms with Crippen LogP contribution in [0.25, 0.3) is 0 Å². The first-order chi connectivity index (χ1) is 13.5. The summed E-state index contributed by atoms with van der Waals surface area (Å²) in [5.74, 6) is -2.15. The SMILES string of the molecule is COC(=O)[C@@H]1[C@@H](C(=O)OC)C12CON(c1ccccc1)[C@H]2c1ccc(Cl)cc1. The smallest absolute Gasteiger partial charge is 0.310 e. The molecule has 0 bridgehead atoms. The zero-order valence-electron chi connectivity index (χ0n) is 15.5. The number of nitrogens with zero attached hydrogens (tertiary/aromatic N) is 1. The van der Waals surface area contributed by atoms with E-state index in [4.69, 9.17) is 25.9 Å². The van der Waals surface area contributed by atoms with Crippen molar-refractivity contribution in [3.05, 3.63) is 65.2 Å². The maximum Gasteiger partial charge on any atom is 0.310 e. The van der Waals surface area contributed by atoms with Crippen LogP contribution in [0.3, 0.4) is 0 Å². The second-order valence-corrected chi connectivity index (χ2v) is 7.44. The lowest BCUT2D eigenvalue weighted by molar-refractivity contribution is -0.148. The Bertz CT molecular complexity index is 863. The van der Waals surface area contributed by atoms with Crippen LogP contribution in [0.4, 0.5) is 5.69 Å². The highest BCUT2D eigenvalue weighted by Gasteiger charge is 2.79. The van der Waals surface area contributed by atoms with Crippen LogP contribution in [-0.4, -0.2) is 32.8 Å². The number of carbonyl (C=O) groups excluding carboxylic acids is 2. The maximum atomic E-state index is 12.5. The Morgan fingerprint density at radius 1 is 1.00 bits per heavy atom. The van der Waals surface area contributed by atoms with Gasteiger partial charge in [0, 0.05) is 5.02 Å². The summed E-state index contributed by atoms with van der Waals surface area (Å²) >= 11 is 6.07. The summed E-state index contributed by atoms with van der Waals surface area (Å²) in [6.45, 7) is 0.203. The number of para-hydroxylation sites is 1. The molecule has 146 valence electrons. The minimum Gasteiger partial charge on any atom is -0.469 e. The summed E-state index contributed by atoms with van der Waals surface area (Å²) in [5.41, 5.74) is 0.952. The lowest BCUT2D eigenvalue weighted by Gasteiger charge is -2.28. The summed E-state index contributed by atoms with van der Waals surface area (Å²) < 4.78 is 9.98. The number of carbonyl (C=O) groups is 2. The van der Waals surface area contributed by atoms with E-state index in [0.717, 1.165) is 11.3 Å². The second-order valence-electron chi connectivity index (χ2n) is 7.00. The number of benzene rings is 2. The molecule has 1 saturated carbocycles. The van der Waals surface area contributed by atoms with Gasteiger partial charge in [-0.25, -0.2) is 5.06 Å². The molecule has 0 N–H and O–H groups in total. The monoisotopic (exact) mass is 401 g/mol. The van der Waals surface area contributed by atoms with Crippen molar-refractivity contribution in [1.29, 1.82) is 0 Å². The van der Waals surface area contributed by atoms with Crippen LogP contribution in [0.15, 0.2) is 54.6 Å². The van der Waals surface area contributed by atoms with Crippen molar-refractivity contribution in [2.45, 2.75) is 6.04 Å². The lowest BCUT2D eigenvalue weighted by atomic mass is 9.87. The van der Waals surface area contributed by atoms with Crippen molar-refractivity contribution >= 4 is 29.2 Å². The first kappa shape index (κ1) is 18.8. The number of halogens is 1. The number of anilines is 1. The summed E-state index contributed by atoms with van der Waals surface area (Å²) in [6, 6.07) is 16.5. The number of methoxy groups -OCH3 is 2. The topological polar surface area (TPSA) is 65.1 Å². The molecule has 2 aliphatic rings. The predicted molar refractivity (Wildman–Crippen MR) is 103 cm³/mol. The van der Waals surface area contributed by atoms with Gasteiger partial charge < -0.3 is 9.47 Å². The fourth-order valence-electron chi connectivity index (χ4n) is 4.39.